The Morgan fingerprint density at radius 2 is 2.14 bits per heavy atom. The molecule has 0 radical (unpaired) electrons. The third-order valence-corrected chi connectivity index (χ3v) is 3.60. The van der Waals surface area contributed by atoms with E-state index in [1.165, 1.54) is 30.8 Å². The highest BCUT2D eigenvalue weighted by atomic mass is 32.2. The summed E-state index contributed by atoms with van der Waals surface area (Å²) in [5, 5.41) is 13.6. The van der Waals surface area contributed by atoms with Gasteiger partial charge in [0.25, 0.3) is 11.6 Å². The number of hydrogen-bond acceptors (Lipinski definition) is 6. The van der Waals surface area contributed by atoms with E-state index in [2.05, 4.69) is 5.32 Å². The number of esters is 1. The normalized spacial score (nSPS) is 11.6. The van der Waals surface area contributed by atoms with E-state index >= 15 is 0 Å². The minimum absolute atomic E-state index is 0.0413. The van der Waals surface area contributed by atoms with Crippen LogP contribution in [0.4, 0.5) is 5.69 Å². The number of thioether (sulfide) groups is 1. The molecule has 0 heterocycles. The third kappa shape index (κ3) is 4.73. The molecule has 1 unspecified atom stereocenters. The molecular weight excluding hydrogens is 308 g/mol. The van der Waals surface area contributed by atoms with Crippen molar-refractivity contribution in [3.63, 3.8) is 0 Å². The van der Waals surface area contributed by atoms with Crippen LogP contribution in [0.2, 0.25) is 0 Å². The number of ether oxygens (including phenoxy) is 1. The van der Waals surface area contributed by atoms with E-state index in [1.54, 1.807) is 6.26 Å². The molecule has 0 aliphatic heterocycles. The lowest BCUT2D eigenvalue weighted by molar-refractivity contribution is -0.387. The summed E-state index contributed by atoms with van der Waals surface area (Å²) < 4.78 is 5.02. The van der Waals surface area contributed by atoms with E-state index < -0.39 is 22.9 Å². The Kier molecular flexibility index (Phi) is 6.84. The first kappa shape index (κ1) is 18.0. The monoisotopic (exact) mass is 326 g/mol. The molecule has 1 amide bonds. The van der Waals surface area contributed by atoms with Gasteiger partial charge in [0.15, 0.2) is 6.10 Å². The Balaban J connectivity index is 2.83. The first-order valence-electron chi connectivity index (χ1n) is 6.71. The molecular formula is C14H18N2O5S. The van der Waals surface area contributed by atoms with Gasteiger partial charge in [0, 0.05) is 12.6 Å². The Bertz CT molecular complexity index is 576. The first-order chi connectivity index (χ1) is 10.4. The van der Waals surface area contributed by atoms with Crippen LogP contribution >= 0.6 is 11.8 Å². The highest BCUT2D eigenvalue weighted by molar-refractivity contribution is 7.98. The Morgan fingerprint density at radius 3 is 2.68 bits per heavy atom. The number of carbonyl (C=O) groups excluding carboxylic acids is 2. The Labute approximate surface area is 132 Å². The zero-order valence-electron chi connectivity index (χ0n) is 12.6. The van der Waals surface area contributed by atoms with Crippen molar-refractivity contribution in [3.8, 4) is 0 Å². The van der Waals surface area contributed by atoms with E-state index in [1.807, 2.05) is 6.92 Å². The molecule has 0 aliphatic rings. The summed E-state index contributed by atoms with van der Waals surface area (Å²) in [7, 11) is 0. The summed E-state index contributed by atoms with van der Waals surface area (Å²) in [5.41, 5.74) is -0.121. The molecule has 0 saturated carbocycles. The van der Waals surface area contributed by atoms with Gasteiger partial charge in [0.1, 0.15) is 0 Å². The standard InChI is InChI=1S/C14H18N2O5S/c1-4-7-15-13(17)9(2)21-14(18)10-5-6-12(22-3)11(8-10)16(19)20/h5-6,8-9H,4,7H2,1-3H3,(H,15,17). The van der Waals surface area contributed by atoms with E-state index in [0.717, 1.165) is 12.5 Å². The van der Waals surface area contributed by atoms with Gasteiger partial charge in [0.05, 0.1) is 15.4 Å². The highest BCUT2D eigenvalue weighted by Crippen LogP contribution is 2.28. The molecule has 120 valence electrons. The maximum atomic E-state index is 12.0. The second-order valence-corrected chi connectivity index (χ2v) is 5.33. The number of hydrogen-bond donors (Lipinski definition) is 1. The number of nitro groups is 1. The minimum Gasteiger partial charge on any atom is -0.449 e. The van der Waals surface area contributed by atoms with Crippen LogP contribution in [-0.2, 0) is 9.53 Å². The quantitative estimate of drug-likeness (QED) is 0.357. The lowest BCUT2D eigenvalue weighted by Gasteiger charge is -2.13. The van der Waals surface area contributed by atoms with Crippen molar-refractivity contribution in [2.24, 2.45) is 0 Å². The van der Waals surface area contributed by atoms with Crippen molar-refractivity contribution in [2.75, 3.05) is 12.8 Å². The number of nitrogens with zero attached hydrogens (tertiary/aromatic N) is 1. The van der Waals surface area contributed by atoms with Crippen molar-refractivity contribution >= 4 is 29.3 Å². The third-order valence-electron chi connectivity index (χ3n) is 2.81. The number of nitrogens with one attached hydrogen (secondary N) is 1. The number of carbonyl (C=O) groups is 2. The molecule has 0 aliphatic carbocycles. The predicted octanol–water partition coefficient (Wildman–Crippen LogP) is 2.39. The van der Waals surface area contributed by atoms with Crippen molar-refractivity contribution in [1.82, 2.24) is 5.32 Å². The molecule has 1 rings (SSSR count). The summed E-state index contributed by atoms with van der Waals surface area (Å²) in [6.45, 7) is 3.85. The van der Waals surface area contributed by atoms with Gasteiger partial charge in [0.2, 0.25) is 0 Å². The van der Waals surface area contributed by atoms with Crippen molar-refractivity contribution in [1.29, 1.82) is 0 Å². The van der Waals surface area contributed by atoms with Crippen LogP contribution in [0.5, 0.6) is 0 Å². The van der Waals surface area contributed by atoms with Crippen molar-refractivity contribution in [2.45, 2.75) is 31.3 Å². The number of nitro benzene ring substituents is 1. The lowest BCUT2D eigenvalue weighted by atomic mass is 10.2. The van der Waals surface area contributed by atoms with Crippen LogP contribution in [0.1, 0.15) is 30.6 Å². The summed E-state index contributed by atoms with van der Waals surface area (Å²) in [6, 6.07) is 4.09. The van der Waals surface area contributed by atoms with Crippen molar-refractivity contribution < 1.29 is 19.2 Å². The average Bonchev–Trinajstić information content (AvgIpc) is 2.51. The van der Waals surface area contributed by atoms with Crippen LogP contribution in [0.25, 0.3) is 0 Å². The van der Waals surface area contributed by atoms with Crippen LogP contribution in [-0.4, -0.2) is 35.7 Å². The van der Waals surface area contributed by atoms with Gasteiger partial charge in [-0.3, -0.25) is 14.9 Å². The fourth-order valence-electron chi connectivity index (χ4n) is 1.63. The van der Waals surface area contributed by atoms with Gasteiger partial charge in [-0.15, -0.1) is 11.8 Å². The molecule has 1 aromatic rings. The van der Waals surface area contributed by atoms with Gasteiger partial charge in [-0.2, -0.15) is 0 Å². The molecule has 7 nitrogen and oxygen atoms in total. The maximum Gasteiger partial charge on any atom is 0.339 e. The molecule has 0 saturated heterocycles. The van der Waals surface area contributed by atoms with E-state index in [4.69, 9.17) is 4.74 Å². The maximum absolute atomic E-state index is 12.0. The van der Waals surface area contributed by atoms with E-state index in [-0.39, 0.29) is 11.3 Å². The topological polar surface area (TPSA) is 98.5 Å². The number of rotatable bonds is 7. The minimum atomic E-state index is -0.960. The van der Waals surface area contributed by atoms with Gasteiger partial charge < -0.3 is 10.1 Å². The molecule has 1 N–H and O–H groups in total. The second kappa shape index (κ2) is 8.38. The number of benzene rings is 1. The summed E-state index contributed by atoms with van der Waals surface area (Å²) in [6.07, 6.45) is 1.52. The van der Waals surface area contributed by atoms with Gasteiger partial charge >= 0.3 is 5.97 Å². The summed E-state index contributed by atoms with van der Waals surface area (Å²) >= 11 is 1.21. The second-order valence-electron chi connectivity index (χ2n) is 4.48. The first-order valence-corrected chi connectivity index (χ1v) is 7.94. The fourth-order valence-corrected chi connectivity index (χ4v) is 2.18. The van der Waals surface area contributed by atoms with E-state index in [9.17, 15) is 19.7 Å². The number of amides is 1. The molecule has 22 heavy (non-hydrogen) atoms. The van der Waals surface area contributed by atoms with Crippen LogP contribution < -0.4 is 5.32 Å². The van der Waals surface area contributed by atoms with Gasteiger partial charge in [-0.25, -0.2) is 4.79 Å². The fraction of sp³-hybridized carbons (Fsp3) is 0.429. The van der Waals surface area contributed by atoms with Crippen molar-refractivity contribution in [3.05, 3.63) is 33.9 Å². The predicted molar refractivity (Wildman–Crippen MR) is 83.1 cm³/mol. The smallest absolute Gasteiger partial charge is 0.339 e. The van der Waals surface area contributed by atoms with Crippen LogP contribution in [0.3, 0.4) is 0 Å². The SMILES string of the molecule is CCCNC(=O)C(C)OC(=O)c1ccc(SC)c([N+](=O)[O-])c1. The highest BCUT2D eigenvalue weighted by Gasteiger charge is 2.21. The van der Waals surface area contributed by atoms with Gasteiger partial charge in [-0.05, 0) is 31.7 Å². The summed E-state index contributed by atoms with van der Waals surface area (Å²) in [4.78, 5) is 34.5. The lowest BCUT2D eigenvalue weighted by Crippen LogP contribution is -2.36. The average molecular weight is 326 g/mol. The molecule has 1 atom stereocenters. The molecule has 0 spiro atoms. The van der Waals surface area contributed by atoms with Gasteiger partial charge in [-0.1, -0.05) is 6.92 Å². The van der Waals surface area contributed by atoms with Crippen LogP contribution in [0.15, 0.2) is 23.1 Å². The Hall–Kier alpha value is -2.09. The molecule has 8 heteroatoms. The van der Waals surface area contributed by atoms with E-state index in [0.29, 0.717) is 11.4 Å². The molecule has 0 bridgehead atoms. The van der Waals surface area contributed by atoms with Crippen LogP contribution in [0, 0.1) is 10.1 Å². The Morgan fingerprint density at radius 1 is 1.45 bits per heavy atom. The zero-order chi connectivity index (χ0) is 16.7. The summed E-state index contributed by atoms with van der Waals surface area (Å²) in [5.74, 6) is -1.17. The molecule has 0 aromatic heterocycles. The molecule has 0 fully saturated rings. The zero-order valence-corrected chi connectivity index (χ0v) is 13.4. The largest absolute Gasteiger partial charge is 0.449 e. The molecule has 1 aromatic carbocycles.